The van der Waals surface area contributed by atoms with E-state index in [9.17, 15) is 4.79 Å². The van der Waals surface area contributed by atoms with Gasteiger partial charge in [-0.05, 0) is 17.5 Å². The summed E-state index contributed by atoms with van der Waals surface area (Å²) in [7, 11) is 1.49. The Kier molecular flexibility index (Phi) is 4.51. The number of aliphatic carboxylic acids is 1. The van der Waals surface area contributed by atoms with Gasteiger partial charge >= 0.3 is 5.97 Å². The first-order valence-corrected chi connectivity index (χ1v) is 5.01. The summed E-state index contributed by atoms with van der Waals surface area (Å²) in [5.74, 6) is -1.14. The molecule has 0 heterocycles. The lowest BCUT2D eigenvalue weighted by Crippen LogP contribution is -2.12. The lowest BCUT2D eigenvalue weighted by Gasteiger charge is -2.05. The van der Waals surface area contributed by atoms with Gasteiger partial charge in [-0.25, -0.2) is 0 Å². The summed E-state index contributed by atoms with van der Waals surface area (Å²) >= 11 is 0. The maximum atomic E-state index is 10.7. The Balaban J connectivity index is 2.64. The van der Waals surface area contributed by atoms with Crippen molar-refractivity contribution in [2.24, 2.45) is 11.1 Å². The Hall–Kier alpha value is -1.84. The zero-order chi connectivity index (χ0) is 12.0. The standard InChI is InChI=1S/C12H15NO3/c1-9(12(14)15)7-10-3-5-11(6-4-10)8-13-16-2/h3-6,8-9H,7H2,1-2H3,(H,14,15)/b13-8+. The molecule has 0 aliphatic rings. The number of oxime groups is 1. The summed E-state index contributed by atoms with van der Waals surface area (Å²) in [5, 5.41) is 12.4. The van der Waals surface area contributed by atoms with E-state index in [0.717, 1.165) is 11.1 Å². The summed E-state index contributed by atoms with van der Waals surface area (Å²) in [6.45, 7) is 1.70. The topological polar surface area (TPSA) is 58.9 Å². The van der Waals surface area contributed by atoms with Crippen molar-refractivity contribution in [3.63, 3.8) is 0 Å². The fourth-order valence-corrected chi connectivity index (χ4v) is 1.29. The van der Waals surface area contributed by atoms with Crippen LogP contribution in [0.25, 0.3) is 0 Å². The molecule has 1 N–H and O–H groups in total. The van der Waals surface area contributed by atoms with E-state index in [2.05, 4.69) is 9.99 Å². The van der Waals surface area contributed by atoms with Crippen LogP contribution in [-0.2, 0) is 16.1 Å². The first-order chi connectivity index (χ1) is 7.63. The number of carbonyl (C=O) groups is 1. The van der Waals surface area contributed by atoms with E-state index < -0.39 is 5.97 Å². The highest BCUT2D eigenvalue weighted by Crippen LogP contribution is 2.09. The summed E-state index contributed by atoms with van der Waals surface area (Å²) in [6, 6.07) is 7.56. The van der Waals surface area contributed by atoms with Gasteiger partial charge in [0.15, 0.2) is 0 Å². The van der Waals surface area contributed by atoms with E-state index in [1.54, 1.807) is 13.1 Å². The van der Waals surface area contributed by atoms with Crippen LogP contribution in [0.3, 0.4) is 0 Å². The second-order valence-electron chi connectivity index (χ2n) is 3.60. The Morgan fingerprint density at radius 3 is 2.62 bits per heavy atom. The van der Waals surface area contributed by atoms with Gasteiger partial charge in [0.25, 0.3) is 0 Å². The molecule has 0 aliphatic carbocycles. The molecule has 0 radical (unpaired) electrons. The number of carboxylic acid groups (broad SMARTS) is 1. The molecule has 1 aromatic rings. The number of nitrogens with zero attached hydrogens (tertiary/aromatic N) is 1. The van der Waals surface area contributed by atoms with E-state index in [1.165, 1.54) is 7.11 Å². The number of benzene rings is 1. The van der Waals surface area contributed by atoms with Gasteiger partial charge in [-0.3, -0.25) is 4.79 Å². The maximum Gasteiger partial charge on any atom is 0.306 e. The highest BCUT2D eigenvalue weighted by molar-refractivity contribution is 5.79. The molecule has 1 atom stereocenters. The predicted molar refractivity (Wildman–Crippen MR) is 61.5 cm³/mol. The van der Waals surface area contributed by atoms with Crippen molar-refractivity contribution < 1.29 is 14.7 Å². The molecule has 0 amide bonds. The van der Waals surface area contributed by atoms with E-state index in [0.29, 0.717) is 6.42 Å². The van der Waals surface area contributed by atoms with Crippen molar-refractivity contribution in [1.82, 2.24) is 0 Å². The van der Waals surface area contributed by atoms with Crippen molar-refractivity contribution in [1.29, 1.82) is 0 Å². The fraction of sp³-hybridized carbons (Fsp3) is 0.333. The lowest BCUT2D eigenvalue weighted by atomic mass is 10.0. The molecule has 0 saturated heterocycles. The molecular weight excluding hydrogens is 206 g/mol. The lowest BCUT2D eigenvalue weighted by molar-refractivity contribution is -0.141. The molecule has 4 nitrogen and oxygen atoms in total. The van der Waals surface area contributed by atoms with Crippen molar-refractivity contribution in [3.05, 3.63) is 35.4 Å². The molecule has 1 rings (SSSR count). The predicted octanol–water partition coefficient (Wildman–Crippen LogP) is 1.93. The largest absolute Gasteiger partial charge is 0.481 e. The van der Waals surface area contributed by atoms with Crippen LogP contribution in [0.15, 0.2) is 29.4 Å². The molecule has 1 aromatic carbocycles. The van der Waals surface area contributed by atoms with Crippen molar-refractivity contribution in [3.8, 4) is 0 Å². The third-order valence-corrected chi connectivity index (χ3v) is 2.25. The van der Waals surface area contributed by atoms with Gasteiger partial charge in [-0.15, -0.1) is 0 Å². The first-order valence-electron chi connectivity index (χ1n) is 5.01. The molecular formula is C12H15NO3. The molecule has 86 valence electrons. The quantitative estimate of drug-likeness (QED) is 0.610. The monoisotopic (exact) mass is 221 g/mol. The average Bonchev–Trinajstić information content (AvgIpc) is 2.28. The number of rotatable bonds is 5. The minimum absolute atomic E-state index is 0.363. The van der Waals surface area contributed by atoms with Crippen molar-refractivity contribution in [2.45, 2.75) is 13.3 Å². The molecule has 0 saturated carbocycles. The molecule has 0 spiro atoms. The maximum absolute atomic E-state index is 10.7. The van der Waals surface area contributed by atoms with E-state index in [4.69, 9.17) is 5.11 Å². The zero-order valence-electron chi connectivity index (χ0n) is 9.38. The SMILES string of the molecule is CO/N=C/c1ccc(CC(C)C(=O)O)cc1. The highest BCUT2D eigenvalue weighted by atomic mass is 16.6. The average molecular weight is 221 g/mol. The smallest absolute Gasteiger partial charge is 0.306 e. The Morgan fingerprint density at radius 2 is 2.12 bits per heavy atom. The highest BCUT2D eigenvalue weighted by Gasteiger charge is 2.10. The van der Waals surface area contributed by atoms with Gasteiger partial charge in [0.2, 0.25) is 0 Å². The van der Waals surface area contributed by atoms with Crippen molar-refractivity contribution in [2.75, 3.05) is 7.11 Å². The Labute approximate surface area is 94.5 Å². The molecule has 0 aliphatic heterocycles. The molecule has 0 bridgehead atoms. The molecule has 1 unspecified atom stereocenters. The second kappa shape index (κ2) is 5.90. The van der Waals surface area contributed by atoms with Crippen molar-refractivity contribution >= 4 is 12.2 Å². The van der Waals surface area contributed by atoms with E-state index in [-0.39, 0.29) is 5.92 Å². The van der Waals surface area contributed by atoms with Gasteiger partial charge in [-0.2, -0.15) is 0 Å². The molecule has 0 fully saturated rings. The first kappa shape index (κ1) is 12.2. The van der Waals surface area contributed by atoms with Crippen LogP contribution < -0.4 is 0 Å². The Bertz CT molecular complexity index is 370. The number of hydrogen-bond donors (Lipinski definition) is 1. The zero-order valence-corrected chi connectivity index (χ0v) is 9.38. The van der Waals surface area contributed by atoms with Gasteiger partial charge in [-0.1, -0.05) is 36.3 Å². The van der Waals surface area contributed by atoms with Gasteiger partial charge in [0.1, 0.15) is 7.11 Å². The van der Waals surface area contributed by atoms with Crippen LogP contribution in [0.5, 0.6) is 0 Å². The van der Waals surface area contributed by atoms with E-state index in [1.807, 2.05) is 24.3 Å². The number of hydrogen-bond acceptors (Lipinski definition) is 3. The van der Waals surface area contributed by atoms with Crippen LogP contribution in [0.2, 0.25) is 0 Å². The van der Waals surface area contributed by atoms with Crippen LogP contribution in [0.1, 0.15) is 18.1 Å². The van der Waals surface area contributed by atoms with Gasteiger partial charge in [0, 0.05) is 0 Å². The molecule has 4 heteroatoms. The summed E-state index contributed by atoms with van der Waals surface area (Å²) in [4.78, 5) is 15.2. The summed E-state index contributed by atoms with van der Waals surface area (Å²) in [5.41, 5.74) is 1.93. The van der Waals surface area contributed by atoms with Crippen LogP contribution in [0.4, 0.5) is 0 Å². The summed E-state index contributed by atoms with van der Waals surface area (Å²) in [6.07, 6.45) is 2.14. The minimum atomic E-state index is -0.773. The van der Waals surface area contributed by atoms with Gasteiger partial charge in [0.05, 0.1) is 12.1 Å². The van der Waals surface area contributed by atoms with Crippen LogP contribution in [0, 0.1) is 5.92 Å². The number of carboxylic acids is 1. The third-order valence-electron chi connectivity index (χ3n) is 2.25. The normalized spacial score (nSPS) is 12.6. The third kappa shape index (κ3) is 3.73. The fourth-order valence-electron chi connectivity index (χ4n) is 1.29. The second-order valence-corrected chi connectivity index (χ2v) is 3.60. The molecule has 16 heavy (non-hydrogen) atoms. The van der Waals surface area contributed by atoms with Crippen LogP contribution >= 0.6 is 0 Å². The Morgan fingerprint density at radius 1 is 1.50 bits per heavy atom. The van der Waals surface area contributed by atoms with E-state index >= 15 is 0 Å². The molecule has 0 aromatic heterocycles. The van der Waals surface area contributed by atoms with Gasteiger partial charge < -0.3 is 9.94 Å². The van der Waals surface area contributed by atoms with Crippen LogP contribution in [-0.4, -0.2) is 24.4 Å². The summed E-state index contributed by atoms with van der Waals surface area (Å²) < 4.78 is 0. The minimum Gasteiger partial charge on any atom is -0.481 e.